The smallest absolute Gasteiger partial charge is 0.274 e. The zero-order valence-corrected chi connectivity index (χ0v) is 19.6. The Balaban J connectivity index is 1.60. The van der Waals surface area contributed by atoms with Gasteiger partial charge in [0.25, 0.3) is 5.91 Å². The molecule has 2 aliphatic heterocycles. The van der Waals surface area contributed by atoms with Gasteiger partial charge in [0.2, 0.25) is 0 Å². The van der Waals surface area contributed by atoms with Gasteiger partial charge in [0.1, 0.15) is 21.5 Å². The maximum atomic E-state index is 13.7. The first kappa shape index (κ1) is 21.6. The van der Waals surface area contributed by atoms with E-state index in [1.54, 1.807) is 35.9 Å². The van der Waals surface area contributed by atoms with E-state index in [1.165, 1.54) is 23.9 Å². The molecular formula is C25H20FN3O2S2. The summed E-state index contributed by atoms with van der Waals surface area (Å²) in [7, 11) is 1.61. The lowest BCUT2D eigenvalue weighted by atomic mass is 10.2. The van der Waals surface area contributed by atoms with Gasteiger partial charge < -0.3 is 9.64 Å². The van der Waals surface area contributed by atoms with Crippen LogP contribution >= 0.6 is 23.5 Å². The van der Waals surface area contributed by atoms with Crippen LogP contribution in [0.25, 0.3) is 0 Å². The molecule has 0 unspecified atom stereocenters. The lowest BCUT2D eigenvalue weighted by molar-refractivity contribution is -0.113. The van der Waals surface area contributed by atoms with Gasteiger partial charge in [-0.3, -0.25) is 9.69 Å². The fourth-order valence-corrected chi connectivity index (χ4v) is 6.07. The van der Waals surface area contributed by atoms with Crippen molar-refractivity contribution in [3.05, 3.63) is 88.5 Å². The number of halogens is 1. The van der Waals surface area contributed by atoms with E-state index in [0.29, 0.717) is 21.4 Å². The van der Waals surface area contributed by atoms with Crippen molar-refractivity contribution in [1.29, 1.82) is 0 Å². The quantitative estimate of drug-likeness (QED) is 0.407. The molecule has 0 aliphatic carbocycles. The molecule has 8 heteroatoms. The number of benzene rings is 3. The minimum Gasteiger partial charge on any atom is -0.497 e. The normalized spacial score (nSPS) is 18.9. The standard InChI is InChI=1S/C25H20FN3O2S2/c1-3-28-20-6-4-5-7-21(20)32-24(28)22-23(30)29(18-12-8-16(26)9-13-18)25(33-22)27-17-10-14-19(31-2)15-11-17/h4-15H,3H2,1-2H3. The van der Waals surface area contributed by atoms with Crippen LogP contribution in [0.5, 0.6) is 5.75 Å². The maximum absolute atomic E-state index is 13.7. The van der Waals surface area contributed by atoms with Crippen LogP contribution in [0.1, 0.15) is 6.92 Å². The highest BCUT2D eigenvalue weighted by atomic mass is 32.2. The van der Waals surface area contributed by atoms with Crippen molar-refractivity contribution in [2.75, 3.05) is 23.5 Å². The fourth-order valence-electron chi connectivity index (χ4n) is 3.68. The van der Waals surface area contributed by atoms with Gasteiger partial charge in [-0.1, -0.05) is 23.9 Å². The fraction of sp³-hybridized carbons (Fsp3) is 0.120. The monoisotopic (exact) mass is 477 g/mol. The Morgan fingerprint density at radius 2 is 1.70 bits per heavy atom. The SMILES string of the molecule is CCN1C(=C2SC(=Nc3ccc(OC)cc3)N(c3ccc(F)cc3)C2=O)Sc2ccccc21. The number of carbonyl (C=O) groups is 1. The van der Waals surface area contributed by atoms with Gasteiger partial charge in [0.15, 0.2) is 5.17 Å². The summed E-state index contributed by atoms with van der Waals surface area (Å²) in [6.07, 6.45) is 0. The van der Waals surface area contributed by atoms with Crippen LogP contribution in [0.3, 0.4) is 0 Å². The summed E-state index contributed by atoms with van der Waals surface area (Å²) in [4.78, 5) is 23.9. The summed E-state index contributed by atoms with van der Waals surface area (Å²) < 4.78 is 18.8. The number of nitrogens with zero attached hydrogens (tertiary/aromatic N) is 3. The number of fused-ring (bicyclic) bond motifs is 1. The van der Waals surface area contributed by atoms with Gasteiger partial charge in [0.05, 0.1) is 24.2 Å². The summed E-state index contributed by atoms with van der Waals surface area (Å²) >= 11 is 2.92. The minimum atomic E-state index is -0.357. The lowest BCUT2D eigenvalue weighted by Gasteiger charge is -2.19. The number of carbonyl (C=O) groups excluding carboxylic acids is 1. The molecule has 0 spiro atoms. The predicted molar refractivity (Wildman–Crippen MR) is 134 cm³/mol. The van der Waals surface area contributed by atoms with Crippen molar-refractivity contribution >= 4 is 51.7 Å². The minimum absolute atomic E-state index is 0.173. The Hall–Kier alpha value is -3.23. The predicted octanol–water partition coefficient (Wildman–Crippen LogP) is 6.40. The van der Waals surface area contributed by atoms with Crippen molar-refractivity contribution in [1.82, 2.24) is 0 Å². The average molecular weight is 478 g/mol. The molecule has 5 rings (SSSR count). The first-order valence-corrected chi connectivity index (χ1v) is 12.0. The third-order valence-corrected chi connectivity index (χ3v) is 7.62. The highest BCUT2D eigenvalue weighted by Gasteiger charge is 2.40. The zero-order chi connectivity index (χ0) is 22.9. The molecule has 2 heterocycles. The lowest BCUT2D eigenvalue weighted by Crippen LogP contribution is -2.29. The van der Waals surface area contributed by atoms with Gasteiger partial charge in [0, 0.05) is 11.4 Å². The van der Waals surface area contributed by atoms with E-state index in [4.69, 9.17) is 9.73 Å². The number of para-hydroxylation sites is 1. The van der Waals surface area contributed by atoms with Gasteiger partial charge >= 0.3 is 0 Å². The molecule has 3 aromatic rings. The summed E-state index contributed by atoms with van der Waals surface area (Å²) in [5, 5.41) is 1.41. The zero-order valence-electron chi connectivity index (χ0n) is 18.0. The first-order valence-electron chi connectivity index (χ1n) is 10.4. The molecule has 33 heavy (non-hydrogen) atoms. The van der Waals surface area contributed by atoms with E-state index < -0.39 is 0 Å². The molecule has 0 N–H and O–H groups in total. The van der Waals surface area contributed by atoms with Crippen molar-refractivity contribution < 1.29 is 13.9 Å². The number of amidine groups is 1. The molecule has 1 fully saturated rings. The number of amides is 1. The molecule has 0 saturated carbocycles. The number of thioether (sulfide) groups is 2. The molecule has 1 saturated heterocycles. The van der Waals surface area contributed by atoms with Crippen LogP contribution in [0.4, 0.5) is 21.5 Å². The Morgan fingerprint density at radius 1 is 0.970 bits per heavy atom. The molecule has 166 valence electrons. The van der Waals surface area contributed by atoms with Crippen LogP contribution in [-0.2, 0) is 4.79 Å². The van der Waals surface area contributed by atoms with Crippen LogP contribution in [0, 0.1) is 5.82 Å². The molecule has 0 radical (unpaired) electrons. The van der Waals surface area contributed by atoms with E-state index in [-0.39, 0.29) is 11.7 Å². The first-order chi connectivity index (χ1) is 16.1. The molecule has 2 aliphatic rings. The summed E-state index contributed by atoms with van der Waals surface area (Å²) in [5.41, 5.74) is 2.36. The van der Waals surface area contributed by atoms with Crippen molar-refractivity contribution in [2.24, 2.45) is 4.99 Å². The Morgan fingerprint density at radius 3 is 2.39 bits per heavy atom. The van der Waals surface area contributed by atoms with Crippen LogP contribution in [0.2, 0.25) is 0 Å². The number of aliphatic imine (C=N–C) groups is 1. The highest BCUT2D eigenvalue weighted by molar-refractivity contribution is 8.20. The molecule has 0 aromatic heterocycles. The van der Waals surface area contributed by atoms with Crippen LogP contribution in [0.15, 0.2) is 92.6 Å². The van der Waals surface area contributed by atoms with E-state index in [1.807, 2.05) is 36.4 Å². The second-order valence-corrected chi connectivity index (χ2v) is 9.27. The van der Waals surface area contributed by atoms with E-state index in [9.17, 15) is 9.18 Å². The van der Waals surface area contributed by atoms with E-state index in [2.05, 4.69) is 24.0 Å². The highest BCUT2D eigenvalue weighted by Crippen LogP contribution is 2.51. The Labute approximate surface area is 200 Å². The molecular weight excluding hydrogens is 457 g/mol. The van der Waals surface area contributed by atoms with Gasteiger partial charge in [-0.15, -0.1) is 0 Å². The third-order valence-electron chi connectivity index (χ3n) is 5.28. The second-order valence-electron chi connectivity index (χ2n) is 7.26. The summed E-state index contributed by atoms with van der Waals surface area (Å²) in [6, 6.07) is 21.3. The number of hydrogen-bond acceptors (Lipinski definition) is 6. The molecule has 5 nitrogen and oxygen atoms in total. The number of hydrogen-bond donors (Lipinski definition) is 0. The van der Waals surface area contributed by atoms with Crippen molar-refractivity contribution in [3.8, 4) is 5.75 Å². The molecule has 3 aromatic carbocycles. The van der Waals surface area contributed by atoms with Crippen LogP contribution < -0.4 is 14.5 Å². The Bertz CT molecular complexity index is 1270. The number of anilines is 2. The number of rotatable bonds is 4. The summed E-state index contributed by atoms with van der Waals surface area (Å²) in [6.45, 7) is 2.80. The Kier molecular flexibility index (Phi) is 5.86. The van der Waals surface area contributed by atoms with Gasteiger partial charge in [-0.05, 0) is 79.3 Å². The average Bonchev–Trinajstić information content (AvgIpc) is 3.37. The van der Waals surface area contributed by atoms with Crippen molar-refractivity contribution in [3.63, 3.8) is 0 Å². The van der Waals surface area contributed by atoms with E-state index in [0.717, 1.165) is 27.9 Å². The van der Waals surface area contributed by atoms with Gasteiger partial charge in [-0.25, -0.2) is 9.38 Å². The van der Waals surface area contributed by atoms with Crippen LogP contribution in [-0.4, -0.2) is 24.7 Å². The molecule has 0 atom stereocenters. The second kappa shape index (κ2) is 8.96. The van der Waals surface area contributed by atoms with Crippen molar-refractivity contribution in [2.45, 2.75) is 11.8 Å². The largest absolute Gasteiger partial charge is 0.497 e. The molecule has 1 amide bonds. The summed E-state index contributed by atoms with van der Waals surface area (Å²) in [5.74, 6) is 0.197. The topological polar surface area (TPSA) is 45.1 Å². The third kappa shape index (κ3) is 4.00. The molecule has 0 bridgehead atoms. The number of ether oxygens (including phenoxy) is 1. The maximum Gasteiger partial charge on any atom is 0.274 e. The van der Waals surface area contributed by atoms with Gasteiger partial charge in [-0.2, -0.15) is 0 Å². The number of methoxy groups -OCH3 is 1. The van der Waals surface area contributed by atoms with E-state index >= 15 is 0 Å².